The Hall–Kier alpha value is -3.28. The molecule has 0 bridgehead atoms. The van der Waals surface area contributed by atoms with Gasteiger partial charge in [-0.2, -0.15) is 5.10 Å². The molecule has 4 rings (SSSR count). The molecule has 2 aromatic heterocycles. The molecule has 0 aliphatic carbocycles. The van der Waals surface area contributed by atoms with Crippen LogP contribution in [0.15, 0.2) is 12.5 Å². The Bertz CT molecular complexity index is 988. The van der Waals surface area contributed by atoms with Crippen LogP contribution in [-0.2, 0) is 33.3 Å². The van der Waals surface area contributed by atoms with E-state index in [-0.39, 0.29) is 6.61 Å². The molecule has 4 heterocycles. The van der Waals surface area contributed by atoms with Gasteiger partial charge in [-0.3, -0.25) is 14.4 Å². The zero-order valence-corrected chi connectivity index (χ0v) is 16.7. The summed E-state index contributed by atoms with van der Waals surface area (Å²) in [6, 6.07) is 0. The summed E-state index contributed by atoms with van der Waals surface area (Å²) in [6.07, 6.45) is -0.798. The molecule has 12 nitrogen and oxygen atoms in total. The topological polar surface area (TPSA) is 135 Å². The number of esters is 3. The van der Waals surface area contributed by atoms with Crippen molar-refractivity contribution in [3.8, 4) is 0 Å². The smallest absolute Gasteiger partial charge is 0.303 e. The highest BCUT2D eigenvalue weighted by molar-refractivity contribution is 5.87. The van der Waals surface area contributed by atoms with E-state index < -0.39 is 42.4 Å². The molecular formula is C18H21N5O7. The zero-order valence-electron chi connectivity index (χ0n) is 16.7. The number of carbonyl (C=O) groups is 3. The van der Waals surface area contributed by atoms with Gasteiger partial charge < -0.3 is 23.8 Å². The van der Waals surface area contributed by atoms with Crippen LogP contribution in [0.25, 0.3) is 11.0 Å². The predicted octanol–water partition coefficient (Wildman–Crippen LogP) is -0.0298. The normalized spacial score (nSPS) is 25.2. The van der Waals surface area contributed by atoms with E-state index in [0.29, 0.717) is 11.0 Å². The van der Waals surface area contributed by atoms with E-state index in [0.717, 1.165) is 18.9 Å². The molecule has 4 unspecified atom stereocenters. The molecule has 2 aliphatic rings. The van der Waals surface area contributed by atoms with Crippen molar-refractivity contribution in [2.24, 2.45) is 0 Å². The number of fused-ring (bicyclic) bond motifs is 1. The van der Waals surface area contributed by atoms with Gasteiger partial charge in [0.15, 0.2) is 24.1 Å². The van der Waals surface area contributed by atoms with Crippen molar-refractivity contribution in [2.45, 2.75) is 45.3 Å². The summed E-state index contributed by atoms with van der Waals surface area (Å²) < 4.78 is 23.3. The lowest BCUT2D eigenvalue weighted by molar-refractivity contribution is -0.166. The number of nitrogens with zero attached hydrogens (tertiary/aromatic N) is 5. The molecule has 4 atom stereocenters. The van der Waals surface area contributed by atoms with Crippen LogP contribution in [0, 0.1) is 0 Å². The van der Waals surface area contributed by atoms with Gasteiger partial charge in [0.05, 0.1) is 11.6 Å². The Labute approximate surface area is 171 Å². The minimum atomic E-state index is -1.02. The van der Waals surface area contributed by atoms with E-state index in [4.69, 9.17) is 18.9 Å². The van der Waals surface area contributed by atoms with Crippen LogP contribution >= 0.6 is 0 Å². The number of aromatic nitrogens is 4. The van der Waals surface area contributed by atoms with Crippen molar-refractivity contribution in [3.63, 3.8) is 0 Å². The minimum Gasteiger partial charge on any atom is -0.463 e. The molecule has 2 aromatic rings. The van der Waals surface area contributed by atoms with Crippen molar-refractivity contribution < 1.29 is 33.3 Å². The fourth-order valence-electron chi connectivity index (χ4n) is 3.44. The maximum absolute atomic E-state index is 11.8. The molecule has 2 aliphatic heterocycles. The minimum absolute atomic E-state index is 0.186. The van der Waals surface area contributed by atoms with Crippen LogP contribution in [0.4, 0.5) is 5.82 Å². The largest absolute Gasteiger partial charge is 0.463 e. The first-order valence-electron chi connectivity index (χ1n) is 9.41. The van der Waals surface area contributed by atoms with Crippen LogP contribution < -0.4 is 4.90 Å². The quantitative estimate of drug-likeness (QED) is 0.355. The summed E-state index contributed by atoms with van der Waals surface area (Å²) in [4.78, 5) is 45.4. The molecular weight excluding hydrogens is 398 g/mol. The Balaban J connectivity index is 1.72. The monoisotopic (exact) mass is 419 g/mol. The molecule has 0 saturated carbocycles. The van der Waals surface area contributed by atoms with Gasteiger partial charge in [-0.15, -0.1) is 0 Å². The summed E-state index contributed by atoms with van der Waals surface area (Å²) >= 11 is 0. The molecule has 0 amide bonds. The Kier molecular flexibility index (Phi) is 5.24. The van der Waals surface area contributed by atoms with Crippen molar-refractivity contribution in [3.05, 3.63) is 12.5 Å². The van der Waals surface area contributed by atoms with Gasteiger partial charge in [-0.25, -0.2) is 14.6 Å². The lowest BCUT2D eigenvalue weighted by Gasteiger charge is -2.23. The zero-order chi connectivity index (χ0) is 21.4. The fourth-order valence-corrected chi connectivity index (χ4v) is 3.44. The average molecular weight is 419 g/mol. The maximum atomic E-state index is 11.8. The number of hydrogen-bond donors (Lipinski definition) is 0. The molecule has 2 saturated heterocycles. The number of hydrogen-bond acceptors (Lipinski definition) is 11. The third kappa shape index (κ3) is 3.90. The third-order valence-corrected chi connectivity index (χ3v) is 4.70. The maximum Gasteiger partial charge on any atom is 0.303 e. The molecule has 0 radical (unpaired) electrons. The number of ether oxygens (including phenoxy) is 4. The first kappa shape index (κ1) is 20.0. The van der Waals surface area contributed by atoms with Crippen LogP contribution in [-0.4, -0.2) is 75.7 Å². The van der Waals surface area contributed by atoms with Crippen LogP contribution in [0.1, 0.15) is 27.0 Å². The SMILES string of the molecule is CC(=O)OCC1OC(n2ncc3c(N4CC4)ncnc32)C(OC(C)=O)C1OC(C)=O. The van der Waals surface area contributed by atoms with E-state index in [1.54, 1.807) is 6.20 Å². The third-order valence-electron chi connectivity index (χ3n) is 4.70. The van der Waals surface area contributed by atoms with Gasteiger partial charge in [0.25, 0.3) is 0 Å². The van der Waals surface area contributed by atoms with E-state index in [2.05, 4.69) is 20.0 Å². The first-order valence-corrected chi connectivity index (χ1v) is 9.41. The highest BCUT2D eigenvalue weighted by atomic mass is 16.7. The number of anilines is 1. The fraction of sp³-hybridized carbons (Fsp3) is 0.556. The van der Waals surface area contributed by atoms with Gasteiger partial charge in [-0.1, -0.05) is 0 Å². The second-order valence-corrected chi connectivity index (χ2v) is 7.03. The molecule has 12 heteroatoms. The molecule has 0 spiro atoms. The van der Waals surface area contributed by atoms with E-state index >= 15 is 0 Å². The first-order chi connectivity index (χ1) is 14.3. The second kappa shape index (κ2) is 7.86. The van der Waals surface area contributed by atoms with Gasteiger partial charge in [0, 0.05) is 33.9 Å². The summed E-state index contributed by atoms with van der Waals surface area (Å²) in [5, 5.41) is 5.09. The van der Waals surface area contributed by atoms with Crippen molar-refractivity contribution >= 4 is 34.8 Å². The summed E-state index contributed by atoms with van der Waals surface area (Å²) in [5.41, 5.74) is 0.476. The standard InChI is InChI=1S/C18H21N5O7/c1-9(24)27-7-13-14(28-10(2)25)15(29-11(3)26)18(30-13)23-17-12(6-21-23)16(19-8-20-17)22-4-5-22/h6,8,13-15,18H,4-5,7H2,1-3H3. The van der Waals surface area contributed by atoms with Crippen molar-refractivity contribution in [1.82, 2.24) is 19.7 Å². The molecule has 0 aromatic carbocycles. The van der Waals surface area contributed by atoms with Crippen LogP contribution in [0.5, 0.6) is 0 Å². The van der Waals surface area contributed by atoms with Gasteiger partial charge in [-0.05, 0) is 0 Å². The van der Waals surface area contributed by atoms with Crippen molar-refractivity contribution in [2.75, 3.05) is 24.6 Å². The molecule has 30 heavy (non-hydrogen) atoms. The number of carbonyl (C=O) groups excluding carboxylic acids is 3. The Morgan fingerprint density at radius 3 is 2.40 bits per heavy atom. The Morgan fingerprint density at radius 2 is 1.77 bits per heavy atom. The van der Waals surface area contributed by atoms with E-state index in [9.17, 15) is 14.4 Å². The lowest BCUT2D eigenvalue weighted by atomic mass is 10.1. The van der Waals surface area contributed by atoms with Gasteiger partial charge in [0.1, 0.15) is 24.9 Å². The lowest BCUT2D eigenvalue weighted by Crippen LogP contribution is -2.40. The van der Waals surface area contributed by atoms with E-state index in [1.165, 1.54) is 31.8 Å². The highest BCUT2D eigenvalue weighted by Gasteiger charge is 2.51. The second-order valence-electron chi connectivity index (χ2n) is 7.03. The van der Waals surface area contributed by atoms with Crippen molar-refractivity contribution in [1.29, 1.82) is 0 Å². The van der Waals surface area contributed by atoms with Gasteiger partial charge >= 0.3 is 17.9 Å². The van der Waals surface area contributed by atoms with Gasteiger partial charge in [0.2, 0.25) is 0 Å². The summed E-state index contributed by atoms with van der Waals surface area (Å²) in [5.74, 6) is -0.949. The highest BCUT2D eigenvalue weighted by Crippen LogP contribution is 2.37. The average Bonchev–Trinajstić information content (AvgIpc) is 3.36. The van der Waals surface area contributed by atoms with E-state index in [1.807, 2.05) is 0 Å². The molecule has 2 fully saturated rings. The van der Waals surface area contributed by atoms with Crippen LogP contribution in [0.3, 0.4) is 0 Å². The molecule has 0 N–H and O–H groups in total. The summed E-state index contributed by atoms with van der Waals surface area (Å²) in [6.45, 7) is 5.33. The summed E-state index contributed by atoms with van der Waals surface area (Å²) in [7, 11) is 0. The Morgan fingerprint density at radius 1 is 1.07 bits per heavy atom. The predicted molar refractivity (Wildman–Crippen MR) is 99.2 cm³/mol. The molecule has 160 valence electrons. The van der Waals surface area contributed by atoms with Crippen LogP contribution in [0.2, 0.25) is 0 Å². The number of rotatable bonds is 6.